The summed E-state index contributed by atoms with van der Waals surface area (Å²) in [6.45, 7) is 1.97. The highest BCUT2D eigenvalue weighted by Crippen LogP contribution is 2.27. The monoisotopic (exact) mass is 269 g/mol. The zero-order valence-electron chi connectivity index (χ0n) is 11.7. The predicted octanol–water partition coefficient (Wildman–Crippen LogP) is 2.40. The van der Waals surface area contributed by atoms with Gasteiger partial charge in [-0.3, -0.25) is 4.98 Å². The molecule has 0 saturated heterocycles. The molecule has 0 spiro atoms. The Morgan fingerprint density at radius 1 is 1.10 bits per heavy atom. The van der Waals surface area contributed by atoms with Crippen molar-refractivity contribution < 1.29 is 0 Å². The number of hydrogen-bond donors (Lipinski definition) is 2. The normalized spacial score (nSPS) is 14.5. The van der Waals surface area contributed by atoms with E-state index < -0.39 is 0 Å². The molecule has 0 amide bonds. The summed E-state index contributed by atoms with van der Waals surface area (Å²) in [6, 6.07) is 3.97. The number of rotatable bonds is 2. The molecule has 20 heavy (non-hydrogen) atoms. The highest BCUT2D eigenvalue weighted by molar-refractivity contribution is 5.59. The van der Waals surface area contributed by atoms with Crippen LogP contribution in [0.15, 0.2) is 18.3 Å². The molecule has 3 rings (SSSR count). The Hall–Kier alpha value is -2.01. The van der Waals surface area contributed by atoms with E-state index in [0.29, 0.717) is 5.82 Å². The lowest BCUT2D eigenvalue weighted by molar-refractivity contribution is 0.709. The van der Waals surface area contributed by atoms with Crippen LogP contribution in [0, 0.1) is 6.92 Å². The van der Waals surface area contributed by atoms with Crippen molar-refractivity contribution in [3.8, 4) is 11.4 Å². The fourth-order valence-corrected chi connectivity index (χ4v) is 2.62. The van der Waals surface area contributed by atoms with Gasteiger partial charge >= 0.3 is 0 Å². The average Bonchev–Trinajstić information content (AvgIpc) is 2.72. The van der Waals surface area contributed by atoms with Crippen LogP contribution in [0.3, 0.4) is 0 Å². The second kappa shape index (κ2) is 5.54. The maximum atomic E-state index is 5.64. The molecule has 1 aliphatic carbocycles. The number of aromatic nitrogens is 3. The number of nitrogen functional groups attached to an aromatic ring is 1. The van der Waals surface area contributed by atoms with Gasteiger partial charge in [-0.25, -0.2) is 15.8 Å². The number of hydrazine groups is 1. The molecule has 0 bridgehead atoms. The third-order valence-electron chi connectivity index (χ3n) is 3.74. The van der Waals surface area contributed by atoms with Crippen LogP contribution >= 0.6 is 0 Å². The minimum atomic E-state index is 0.700. The van der Waals surface area contributed by atoms with Gasteiger partial charge in [-0.05, 0) is 44.7 Å². The maximum absolute atomic E-state index is 5.64. The van der Waals surface area contributed by atoms with Gasteiger partial charge in [0.15, 0.2) is 5.82 Å². The van der Waals surface area contributed by atoms with E-state index in [0.717, 1.165) is 35.6 Å². The number of fused-ring (bicyclic) bond motifs is 1. The molecule has 0 fully saturated rings. The molecular formula is C15H19N5. The molecular weight excluding hydrogens is 250 g/mol. The Morgan fingerprint density at radius 2 is 1.95 bits per heavy atom. The SMILES string of the molecule is Cc1ccc(-c2nc3c(c(NN)n2)CCCCC3)cn1. The van der Waals surface area contributed by atoms with Gasteiger partial charge in [-0.1, -0.05) is 6.42 Å². The van der Waals surface area contributed by atoms with Gasteiger partial charge in [0.25, 0.3) is 0 Å². The third-order valence-corrected chi connectivity index (χ3v) is 3.74. The van der Waals surface area contributed by atoms with E-state index in [9.17, 15) is 0 Å². The number of hydrogen-bond acceptors (Lipinski definition) is 5. The Kier molecular flexibility index (Phi) is 3.60. The first-order chi connectivity index (χ1) is 9.78. The summed E-state index contributed by atoms with van der Waals surface area (Å²) in [5, 5.41) is 0. The Bertz CT molecular complexity index is 606. The van der Waals surface area contributed by atoms with Crippen LogP contribution in [0.25, 0.3) is 11.4 Å². The molecule has 0 unspecified atom stereocenters. The van der Waals surface area contributed by atoms with Crippen LogP contribution in [0.1, 0.15) is 36.2 Å². The predicted molar refractivity (Wildman–Crippen MR) is 79.1 cm³/mol. The molecule has 5 nitrogen and oxygen atoms in total. The van der Waals surface area contributed by atoms with E-state index in [1.54, 1.807) is 0 Å². The van der Waals surface area contributed by atoms with Crippen molar-refractivity contribution in [3.05, 3.63) is 35.3 Å². The van der Waals surface area contributed by atoms with Crippen LogP contribution in [-0.2, 0) is 12.8 Å². The number of nitrogens with one attached hydrogen (secondary N) is 1. The van der Waals surface area contributed by atoms with E-state index in [1.807, 2.05) is 25.3 Å². The van der Waals surface area contributed by atoms with Crippen LogP contribution in [0.5, 0.6) is 0 Å². The molecule has 0 aliphatic heterocycles. The third kappa shape index (κ3) is 2.49. The number of anilines is 1. The Balaban J connectivity index is 2.08. The largest absolute Gasteiger partial charge is 0.308 e. The molecule has 0 atom stereocenters. The molecule has 0 aromatic carbocycles. The number of pyridine rings is 1. The van der Waals surface area contributed by atoms with Crippen molar-refractivity contribution in [1.29, 1.82) is 0 Å². The fraction of sp³-hybridized carbons (Fsp3) is 0.400. The maximum Gasteiger partial charge on any atom is 0.163 e. The Labute approximate surface area is 118 Å². The summed E-state index contributed by atoms with van der Waals surface area (Å²) in [6.07, 6.45) is 7.41. The molecule has 1 aliphatic rings. The Morgan fingerprint density at radius 3 is 2.70 bits per heavy atom. The second-order valence-electron chi connectivity index (χ2n) is 5.21. The van der Waals surface area contributed by atoms with E-state index in [1.165, 1.54) is 24.8 Å². The number of nitrogens with zero attached hydrogens (tertiary/aromatic N) is 3. The molecule has 2 heterocycles. The number of aryl methyl sites for hydroxylation is 2. The van der Waals surface area contributed by atoms with Crippen LogP contribution in [-0.4, -0.2) is 15.0 Å². The molecule has 3 N–H and O–H groups in total. The van der Waals surface area contributed by atoms with Crippen molar-refractivity contribution in [1.82, 2.24) is 15.0 Å². The van der Waals surface area contributed by atoms with E-state index in [4.69, 9.17) is 10.8 Å². The van der Waals surface area contributed by atoms with Crippen LogP contribution < -0.4 is 11.3 Å². The summed E-state index contributed by atoms with van der Waals surface area (Å²) in [7, 11) is 0. The lowest BCUT2D eigenvalue weighted by Crippen LogP contribution is -2.14. The van der Waals surface area contributed by atoms with Crippen molar-refractivity contribution >= 4 is 5.82 Å². The molecule has 0 radical (unpaired) electrons. The summed E-state index contributed by atoms with van der Waals surface area (Å²) in [4.78, 5) is 13.6. The van der Waals surface area contributed by atoms with Crippen molar-refractivity contribution in [2.75, 3.05) is 5.43 Å². The standard InChI is InChI=1S/C15H19N5/c1-10-7-8-11(9-17-10)14-18-13-6-4-2-3-5-12(13)15(19-14)20-16/h7-9H,2-6,16H2,1H3,(H,18,19,20). The average molecular weight is 269 g/mol. The van der Waals surface area contributed by atoms with Gasteiger partial charge in [0.2, 0.25) is 0 Å². The first-order valence-corrected chi connectivity index (χ1v) is 7.07. The first-order valence-electron chi connectivity index (χ1n) is 7.07. The summed E-state index contributed by atoms with van der Waals surface area (Å²) < 4.78 is 0. The highest BCUT2D eigenvalue weighted by atomic mass is 15.3. The molecule has 2 aromatic heterocycles. The highest BCUT2D eigenvalue weighted by Gasteiger charge is 2.17. The topological polar surface area (TPSA) is 76.7 Å². The van der Waals surface area contributed by atoms with Crippen LogP contribution in [0.4, 0.5) is 5.82 Å². The first kappa shape index (κ1) is 13.0. The minimum Gasteiger partial charge on any atom is -0.308 e. The molecule has 2 aromatic rings. The zero-order valence-corrected chi connectivity index (χ0v) is 11.7. The lowest BCUT2D eigenvalue weighted by atomic mass is 10.1. The van der Waals surface area contributed by atoms with Gasteiger partial charge in [0.1, 0.15) is 5.82 Å². The van der Waals surface area contributed by atoms with E-state index >= 15 is 0 Å². The van der Waals surface area contributed by atoms with Gasteiger partial charge in [0, 0.05) is 28.7 Å². The van der Waals surface area contributed by atoms with Crippen molar-refractivity contribution in [2.45, 2.75) is 39.0 Å². The molecule has 104 valence electrons. The fourth-order valence-electron chi connectivity index (χ4n) is 2.62. The molecule has 0 saturated carbocycles. The minimum absolute atomic E-state index is 0.700. The summed E-state index contributed by atoms with van der Waals surface area (Å²) >= 11 is 0. The van der Waals surface area contributed by atoms with Crippen molar-refractivity contribution in [2.24, 2.45) is 5.84 Å². The van der Waals surface area contributed by atoms with Gasteiger partial charge in [0.05, 0.1) is 0 Å². The zero-order chi connectivity index (χ0) is 13.9. The van der Waals surface area contributed by atoms with E-state index in [-0.39, 0.29) is 0 Å². The summed E-state index contributed by atoms with van der Waals surface area (Å²) in [5.74, 6) is 7.10. The lowest BCUT2D eigenvalue weighted by Gasteiger charge is -2.12. The van der Waals surface area contributed by atoms with Gasteiger partial charge in [-0.2, -0.15) is 0 Å². The smallest absolute Gasteiger partial charge is 0.163 e. The molecule has 5 heteroatoms. The quantitative estimate of drug-likeness (QED) is 0.497. The van der Waals surface area contributed by atoms with Crippen LogP contribution in [0.2, 0.25) is 0 Å². The van der Waals surface area contributed by atoms with Crippen molar-refractivity contribution in [3.63, 3.8) is 0 Å². The summed E-state index contributed by atoms with van der Waals surface area (Å²) in [5.41, 5.74) is 6.95. The van der Waals surface area contributed by atoms with E-state index in [2.05, 4.69) is 15.4 Å². The second-order valence-corrected chi connectivity index (χ2v) is 5.21. The number of nitrogens with two attached hydrogens (primary N) is 1. The van der Waals surface area contributed by atoms with Gasteiger partial charge < -0.3 is 5.43 Å². The van der Waals surface area contributed by atoms with Gasteiger partial charge in [-0.15, -0.1) is 0 Å².